The fourth-order valence-electron chi connectivity index (χ4n) is 2.32. The monoisotopic (exact) mass is 230 g/mol. The van der Waals surface area contributed by atoms with E-state index < -0.39 is 11.4 Å². The summed E-state index contributed by atoms with van der Waals surface area (Å²) >= 11 is 0. The molecule has 0 bridgehead atoms. The molecule has 0 fully saturated rings. The van der Waals surface area contributed by atoms with Crippen molar-refractivity contribution in [1.82, 2.24) is 0 Å². The summed E-state index contributed by atoms with van der Waals surface area (Å²) in [6.07, 6.45) is 0.824. The van der Waals surface area contributed by atoms with Gasteiger partial charge in [-0.15, -0.1) is 0 Å². The lowest BCUT2D eigenvalue weighted by Gasteiger charge is -2.45. The van der Waals surface area contributed by atoms with Gasteiger partial charge in [-0.3, -0.25) is 4.79 Å². The van der Waals surface area contributed by atoms with Crippen molar-refractivity contribution in [1.29, 1.82) is 0 Å². The highest BCUT2D eigenvalue weighted by Gasteiger charge is 2.52. The Morgan fingerprint density at radius 2 is 1.81 bits per heavy atom. The Morgan fingerprint density at radius 1 is 1.31 bits per heavy atom. The second-order valence-corrected chi connectivity index (χ2v) is 5.31. The molecule has 96 valence electrons. The minimum atomic E-state index is -0.808. The summed E-state index contributed by atoms with van der Waals surface area (Å²) in [5, 5.41) is 9.61. The van der Waals surface area contributed by atoms with Crippen molar-refractivity contribution in [3.8, 4) is 0 Å². The van der Waals surface area contributed by atoms with Crippen LogP contribution in [0.2, 0.25) is 0 Å². The molecule has 1 N–H and O–H groups in total. The highest BCUT2D eigenvalue weighted by molar-refractivity contribution is 5.76. The van der Waals surface area contributed by atoms with Crippen molar-refractivity contribution in [2.45, 2.75) is 48.0 Å². The molecular formula is C13H26O3. The molecule has 3 nitrogen and oxygen atoms in total. The molecule has 0 saturated carbocycles. The second kappa shape index (κ2) is 5.67. The lowest BCUT2D eigenvalue weighted by molar-refractivity contribution is -0.170. The number of rotatable bonds is 7. The van der Waals surface area contributed by atoms with Crippen LogP contribution < -0.4 is 0 Å². The van der Waals surface area contributed by atoms with E-state index in [2.05, 4.69) is 0 Å². The van der Waals surface area contributed by atoms with Gasteiger partial charge in [0, 0.05) is 6.61 Å². The lowest BCUT2D eigenvalue weighted by Crippen LogP contribution is -2.51. The highest BCUT2D eigenvalue weighted by Crippen LogP contribution is 2.47. The van der Waals surface area contributed by atoms with E-state index in [0.29, 0.717) is 6.61 Å². The van der Waals surface area contributed by atoms with E-state index in [4.69, 9.17) is 4.74 Å². The Hall–Kier alpha value is -0.570. The SMILES string of the molecule is CCOCC(C(=O)O)(C(C)C)C(C)(C)CC. The standard InChI is InChI=1S/C13H26O3/c1-7-12(5,6)13(10(3)4,11(14)15)9-16-8-2/h10H,7-9H2,1-6H3,(H,14,15). The Bertz CT molecular complexity index is 233. The van der Waals surface area contributed by atoms with Gasteiger partial charge in [0.25, 0.3) is 0 Å². The van der Waals surface area contributed by atoms with E-state index in [1.165, 1.54) is 0 Å². The van der Waals surface area contributed by atoms with E-state index >= 15 is 0 Å². The molecular weight excluding hydrogens is 204 g/mol. The first kappa shape index (κ1) is 15.4. The number of aliphatic carboxylic acids is 1. The van der Waals surface area contributed by atoms with Crippen LogP contribution in [-0.4, -0.2) is 24.3 Å². The van der Waals surface area contributed by atoms with Crippen LogP contribution in [0.4, 0.5) is 0 Å². The summed E-state index contributed by atoms with van der Waals surface area (Å²) < 4.78 is 5.43. The first-order valence-corrected chi connectivity index (χ1v) is 6.07. The van der Waals surface area contributed by atoms with Gasteiger partial charge >= 0.3 is 5.97 Å². The predicted octanol–water partition coefficient (Wildman–Crippen LogP) is 3.19. The minimum Gasteiger partial charge on any atom is -0.481 e. The Kier molecular flexibility index (Phi) is 5.47. The molecule has 16 heavy (non-hydrogen) atoms. The van der Waals surface area contributed by atoms with Gasteiger partial charge in [-0.2, -0.15) is 0 Å². The molecule has 0 aromatic heterocycles. The molecule has 1 atom stereocenters. The molecule has 0 amide bonds. The number of hydrogen-bond acceptors (Lipinski definition) is 2. The normalized spacial score (nSPS) is 16.2. The third kappa shape index (κ3) is 2.57. The molecule has 0 aliphatic carbocycles. The van der Waals surface area contributed by atoms with E-state index in [1.54, 1.807) is 0 Å². The number of carboxylic acid groups (broad SMARTS) is 1. The molecule has 0 aliphatic rings. The first-order valence-electron chi connectivity index (χ1n) is 6.07. The maximum absolute atomic E-state index is 11.7. The van der Waals surface area contributed by atoms with Crippen LogP contribution in [0.1, 0.15) is 48.0 Å². The van der Waals surface area contributed by atoms with Gasteiger partial charge in [0.05, 0.1) is 12.0 Å². The molecule has 0 heterocycles. The van der Waals surface area contributed by atoms with Crippen LogP contribution in [0, 0.1) is 16.7 Å². The Balaban J connectivity index is 5.35. The van der Waals surface area contributed by atoms with Crippen LogP contribution in [0.3, 0.4) is 0 Å². The minimum absolute atomic E-state index is 0.0477. The van der Waals surface area contributed by atoms with Crippen molar-refractivity contribution < 1.29 is 14.6 Å². The van der Waals surface area contributed by atoms with E-state index in [-0.39, 0.29) is 17.9 Å². The summed E-state index contributed by atoms with van der Waals surface area (Å²) in [6.45, 7) is 12.7. The second-order valence-electron chi connectivity index (χ2n) is 5.31. The number of carbonyl (C=O) groups is 1. The summed E-state index contributed by atoms with van der Waals surface area (Å²) in [5.74, 6) is -0.700. The molecule has 0 aliphatic heterocycles. The molecule has 3 heteroatoms. The lowest BCUT2D eigenvalue weighted by atomic mass is 9.59. The third-order valence-corrected chi connectivity index (χ3v) is 3.99. The zero-order chi connectivity index (χ0) is 13.0. The molecule has 0 spiro atoms. The maximum atomic E-state index is 11.7. The van der Waals surface area contributed by atoms with Gasteiger partial charge in [-0.25, -0.2) is 0 Å². The van der Waals surface area contributed by atoms with Gasteiger partial charge in [-0.1, -0.05) is 34.6 Å². The Morgan fingerprint density at radius 3 is 2.06 bits per heavy atom. The fraction of sp³-hybridized carbons (Fsp3) is 0.923. The van der Waals surface area contributed by atoms with Crippen molar-refractivity contribution >= 4 is 5.97 Å². The largest absolute Gasteiger partial charge is 0.481 e. The Labute approximate surface area is 99.2 Å². The number of carboxylic acids is 1. The van der Waals surface area contributed by atoms with Gasteiger partial charge in [0.1, 0.15) is 0 Å². The zero-order valence-corrected chi connectivity index (χ0v) is 11.5. The van der Waals surface area contributed by atoms with Gasteiger partial charge in [0.2, 0.25) is 0 Å². The van der Waals surface area contributed by atoms with Crippen LogP contribution >= 0.6 is 0 Å². The van der Waals surface area contributed by atoms with Crippen LogP contribution in [-0.2, 0) is 9.53 Å². The summed E-state index contributed by atoms with van der Waals surface area (Å²) in [7, 11) is 0. The van der Waals surface area contributed by atoms with Gasteiger partial charge in [0.15, 0.2) is 0 Å². The van der Waals surface area contributed by atoms with Gasteiger partial charge < -0.3 is 9.84 Å². The first-order chi connectivity index (χ1) is 7.26. The smallest absolute Gasteiger partial charge is 0.312 e. The quantitative estimate of drug-likeness (QED) is 0.730. The van der Waals surface area contributed by atoms with Gasteiger partial charge in [-0.05, 0) is 24.7 Å². The van der Waals surface area contributed by atoms with Crippen molar-refractivity contribution in [2.75, 3.05) is 13.2 Å². The van der Waals surface area contributed by atoms with E-state index in [0.717, 1.165) is 6.42 Å². The van der Waals surface area contributed by atoms with E-state index in [9.17, 15) is 9.90 Å². The average molecular weight is 230 g/mol. The number of hydrogen-bond donors (Lipinski definition) is 1. The molecule has 0 saturated heterocycles. The maximum Gasteiger partial charge on any atom is 0.312 e. The van der Waals surface area contributed by atoms with Crippen LogP contribution in [0.25, 0.3) is 0 Å². The molecule has 0 aromatic rings. The fourth-order valence-corrected chi connectivity index (χ4v) is 2.32. The predicted molar refractivity (Wildman–Crippen MR) is 65.5 cm³/mol. The van der Waals surface area contributed by atoms with E-state index in [1.807, 2.05) is 41.5 Å². The van der Waals surface area contributed by atoms with Crippen LogP contribution in [0.15, 0.2) is 0 Å². The molecule has 0 radical (unpaired) electrons. The average Bonchev–Trinajstić information content (AvgIpc) is 2.17. The third-order valence-electron chi connectivity index (χ3n) is 3.99. The highest BCUT2D eigenvalue weighted by atomic mass is 16.5. The number of ether oxygens (including phenoxy) is 1. The van der Waals surface area contributed by atoms with Crippen LogP contribution in [0.5, 0.6) is 0 Å². The summed E-state index contributed by atoms with van der Waals surface area (Å²) in [6, 6.07) is 0. The summed E-state index contributed by atoms with van der Waals surface area (Å²) in [5.41, 5.74) is -1.08. The molecule has 0 aromatic carbocycles. The molecule has 0 rings (SSSR count). The van der Waals surface area contributed by atoms with Crippen molar-refractivity contribution in [2.24, 2.45) is 16.7 Å². The zero-order valence-electron chi connectivity index (χ0n) is 11.5. The topological polar surface area (TPSA) is 46.5 Å². The molecule has 1 unspecified atom stereocenters. The summed E-state index contributed by atoms with van der Waals surface area (Å²) in [4.78, 5) is 11.7. The van der Waals surface area contributed by atoms with Crippen molar-refractivity contribution in [3.05, 3.63) is 0 Å². The van der Waals surface area contributed by atoms with Crippen molar-refractivity contribution in [3.63, 3.8) is 0 Å².